The quantitative estimate of drug-likeness (QED) is 0.0375. The molecule has 4 rings (SSSR count). The first kappa shape index (κ1) is 72.8. The summed E-state index contributed by atoms with van der Waals surface area (Å²) in [6.07, 6.45) is -2.19. The Morgan fingerprint density at radius 2 is 1.30 bits per heavy atom. The van der Waals surface area contributed by atoms with E-state index in [-0.39, 0.29) is 70.3 Å². The number of ketones is 3. The predicted octanol–water partition coefficient (Wildman–Crippen LogP) is -2.33. The number of Topliss-reactive ketones (excluding diaryl/α,β-unsaturated/α-hetero) is 3. The van der Waals surface area contributed by atoms with Crippen LogP contribution in [0.15, 0.2) is 72.9 Å². The molecule has 20 N–H and O–H groups in total. The van der Waals surface area contributed by atoms with Gasteiger partial charge in [0.05, 0.1) is 30.4 Å². The number of carbonyl (C=O) groups is 11. The van der Waals surface area contributed by atoms with Crippen molar-refractivity contribution in [1.82, 2.24) is 47.5 Å². The molecule has 0 aliphatic carbocycles. The van der Waals surface area contributed by atoms with E-state index in [1.165, 1.54) is 19.2 Å². The van der Waals surface area contributed by atoms with E-state index in [1.54, 1.807) is 74.5 Å². The zero-order chi connectivity index (χ0) is 65.0. The number of aliphatic hydroxyl groups is 2. The second-order valence-corrected chi connectivity index (χ2v) is 22.3. The predicted molar refractivity (Wildman–Crippen MR) is 327 cm³/mol. The summed E-state index contributed by atoms with van der Waals surface area (Å²) in [7, 11) is 0. The number of pyridine rings is 1. The largest absolute Gasteiger partial charge is 0.394 e. The summed E-state index contributed by atoms with van der Waals surface area (Å²) in [5.41, 5.74) is 31.6. The number of hydrogen-bond donors (Lipinski definition) is 15. The number of benzene rings is 2. The summed E-state index contributed by atoms with van der Waals surface area (Å²) in [5.74, 6) is -13.1. The van der Waals surface area contributed by atoms with Gasteiger partial charge >= 0.3 is 0 Å². The van der Waals surface area contributed by atoms with Crippen LogP contribution in [0, 0.1) is 23.7 Å². The molecule has 12 atom stereocenters. The van der Waals surface area contributed by atoms with Gasteiger partial charge < -0.3 is 81.4 Å². The summed E-state index contributed by atoms with van der Waals surface area (Å²) in [4.78, 5) is 159. The van der Waals surface area contributed by atoms with Crippen LogP contribution in [-0.4, -0.2) is 174 Å². The first-order valence-electron chi connectivity index (χ1n) is 29.6. The summed E-state index contributed by atoms with van der Waals surface area (Å²) >= 11 is 6.17. The molecule has 0 spiro atoms. The number of halogens is 1. The molecule has 2 aromatic carbocycles. The maximum absolute atomic E-state index is 14.6. The lowest BCUT2D eigenvalue weighted by Crippen LogP contribution is -2.60. The molecule has 0 saturated carbocycles. The number of nitrogens with zero attached hydrogens (tertiary/aromatic N) is 1. The van der Waals surface area contributed by atoms with Gasteiger partial charge in [0.2, 0.25) is 47.3 Å². The fourth-order valence-corrected chi connectivity index (χ4v) is 10.0. The van der Waals surface area contributed by atoms with Crippen LogP contribution in [0.5, 0.6) is 0 Å². The van der Waals surface area contributed by atoms with Gasteiger partial charge in [-0.2, -0.15) is 0 Å². The van der Waals surface area contributed by atoms with Gasteiger partial charge in [-0.25, -0.2) is 0 Å². The van der Waals surface area contributed by atoms with E-state index in [9.17, 15) is 63.0 Å². The highest BCUT2D eigenvalue weighted by Crippen LogP contribution is 2.25. The highest BCUT2D eigenvalue weighted by Gasteiger charge is 2.38. The lowest BCUT2D eigenvalue weighted by atomic mass is 9.84. The number of aliphatic hydroxyl groups excluding tert-OH is 2. The number of amides is 8. The second-order valence-electron chi connectivity index (χ2n) is 21.9. The fourth-order valence-electron chi connectivity index (χ4n) is 9.82. The van der Waals surface area contributed by atoms with Gasteiger partial charge in [0.25, 0.3) is 0 Å². The Kier molecular flexibility index (Phi) is 30.8. The average molecular weight is 1250 g/mol. The molecule has 1 aromatic heterocycles. The van der Waals surface area contributed by atoms with E-state index in [2.05, 4.69) is 47.5 Å². The van der Waals surface area contributed by atoms with Crippen LogP contribution < -0.4 is 71.2 Å². The maximum Gasteiger partial charge on any atom is 0.245 e. The third-order valence-electron chi connectivity index (χ3n) is 15.3. The molecule has 1 aliphatic rings. The Bertz CT molecular complexity index is 2870. The average Bonchev–Trinajstić information content (AvgIpc) is 3.72. The Hall–Kier alpha value is -7.63. The van der Waals surface area contributed by atoms with Crippen molar-refractivity contribution in [3.63, 3.8) is 0 Å². The number of nitrogens with two attached hydrogens (primary N) is 5. The van der Waals surface area contributed by atoms with Crippen molar-refractivity contribution in [3.8, 4) is 11.3 Å². The molecule has 28 heteroatoms. The highest BCUT2D eigenvalue weighted by atomic mass is 35.5. The van der Waals surface area contributed by atoms with E-state index in [4.69, 9.17) is 40.3 Å². The van der Waals surface area contributed by atoms with Crippen LogP contribution in [0.1, 0.15) is 94.5 Å². The topological polar surface area (TPSA) is 467 Å². The van der Waals surface area contributed by atoms with Gasteiger partial charge in [-0.15, -0.1) is 0 Å². The lowest BCUT2D eigenvalue weighted by molar-refractivity contribution is -0.137. The van der Waals surface area contributed by atoms with Gasteiger partial charge in [0, 0.05) is 66.5 Å². The minimum atomic E-state index is -1.68. The smallest absolute Gasteiger partial charge is 0.245 e. The van der Waals surface area contributed by atoms with Crippen LogP contribution in [0.3, 0.4) is 0 Å². The van der Waals surface area contributed by atoms with Crippen molar-refractivity contribution in [2.45, 2.75) is 133 Å². The normalized spacial score (nSPS) is 22.2. The van der Waals surface area contributed by atoms with Crippen LogP contribution in [0.2, 0.25) is 5.02 Å². The maximum atomic E-state index is 14.6. The molecule has 1 aliphatic heterocycles. The Morgan fingerprint density at radius 1 is 0.693 bits per heavy atom. The molecule has 0 unspecified atom stereocenters. The molecular weight excluding hydrogens is 1160 g/mol. The van der Waals surface area contributed by atoms with Crippen molar-refractivity contribution >= 4 is 76.2 Å². The molecule has 482 valence electrons. The molecule has 0 radical (unpaired) electrons. The lowest BCUT2D eigenvalue weighted by Gasteiger charge is -2.29. The minimum Gasteiger partial charge on any atom is -0.394 e. The third-order valence-corrected chi connectivity index (χ3v) is 15.5. The number of carbonyl (C=O) groups excluding carboxylic acids is 11. The Morgan fingerprint density at radius 3 is 1.86 bits per heavy atom. The Labute approximate surface area is 516 Å². The van der Waals surface area contributed by atoms with Crippen LogP contribution in [-0.2, 0) is 54.4 Å². The molecular formula is C60H87ClN14O13. The minimum absolute atomic E-state index is 0.00645. The molecule has 1 fully saturated rings. The number of aromatic nitrogens is 1. The number of hydrogen-bond acceptors (Lipinski definition) is 19. The van der Waals surface area contributed by atoms with Crippen molar-refractivity contribution < 1.29 is 63.0 Å². The Balaban J connectivity index is 1.67. The summed E-state index contributed by atoms with van der Waals surface area (Å²) in [6, 6.07) is 8.06. The number of rotatable bonds is 26. The fraction of sp³-hybridized carbons (Fsp3) is 0.533. The van der Waals surface area contributed by atoms with E-state index in [0.717, 1.165) is 0 Å². The highest BCUT2D eigenvalue weighted by molar-refractivity contribution is 6.30. The van der Waals surface area contributed by atoms with Crippen molar-refractivity contribution in [3.05, 3.63) is 89.1 Å². The van der Waals surface area contributed by atoms with Crippen molar-refractivity contribution in [2.75, 3.05) is 45.9 Å². The third kappa shape index (κ3) is 22.5. The molecule has 0 bridgehead atoms. The van der Waals surface area contributed by atoms with Crippen molar-refractivity contribution in [2.24, 2.45) is 52.3 Å². The van der Waals surface area contributed by atoms with E-state index in [0.29, 0.717) is 28.3 Å². The van der Waals surface area contributed by atoms with Gasteiger partial charge in [-0.3, -0.25) is 57.7 Å². The number of nitrogens with one attached hydrogen (secondary N) is 8. The molecule has 3 aromatic rings. The second kappa shape index (κ2) is 37.3. The monoisotopic (exact) mass is 1250 g/mol. The standard InChI is InChI=1S/C60H87ClN14O13/c1-4-33(2)41-30-51(80)47(25-35-9-6-5-7-10-35)73-57(85)43(15-21-64)71-58(86)45(18-24-68-60(88)52(34(3)77)75-59(87)44(16-22-65)72-56(84)42(14-20-63)70-55(41)83)69-54(82)39(31-66)29-50(79)48(32-76)74-53(81)38(13-19-62)28-49(78)37-17-23-67-46(27-37)36-11-8-12-40(61)26-36/h5-12,17,23,26-27,33-34,38-39,41-45,47-48,52,76-77H,4,13-16,18-22,24-25,28-32,62-66H2,1-3H3,(H,68,88)(H,69,82)(H,70,83)(H,71,86)(H,72,84)(H,73,85)(H,74,81)(H,75,87)/t33-,34+,38+,39-,41-,42-,43-,44-,45-,47+,48-,52-/m0/s1. The van der Waals surface area contributed by atoms with Crippen molar-refractivity contribution in [1.29, 1.82) is 0 Å². The summed E-state index contributed by atoms with van der Waals surface area (Å²) < 4.78 is 0. The van der Waals surface area contributed by atoms with Gasteiger partial charge in [0.1, 0.15) is 36.3 Å². The molecule has 88 heavy (non-hydrogen) atoms. The van der Waals surface area contributed by atoms with Crippen LogP contribution in [0.25, 0.3) is 11.3 Å². The van der Waals surface area contributed by atoms with E-state index >= 15 is 0 Å². The van der Waals surface area contributed by atoms with E-state index < -0.39 is 176 Å². The van der Waals surface area contributed by atoms with Crippen LogP contribution in [0.4, 0.5) is 0 Å². The summed E-state index contributed by atoms with van der Waals surface area (Å²) in [5, 5.41) is 42.2. The SMILES string of the molecule is CC[C@H](C)[C@@H]1CC(=O)[C@@H](Cc2ccccc2)NC(=O)[C@H](CCN)NC(=O)[C@@H](NC(=O)[C@H](CN)CC(=O)[C@H](CO)NC(=O)[C@H](CCN)CC(=O)c2ccnc(-c3cccc(Cl)c3)c2)CCNC(=O)[C@H]([C@@H](C)O)NC(=O)[C@H](CCN)NC(=O)[C@H](CCN)NC1=O. The molecule has 27 nitrogen and oxygen atoms in total. The zero-order valence-corrected chi connectivity index (χ0v) is 50.7. The summed E-state index contributed by atoms with van der Waals surface area (Å²) in [6.45, 7) is 2.37. The molecule has 1 saturated heterocycles. The molecule has 2 heterocycles. The zero-order valence-electron chi connectivity index (χ0n) is 50.0. The first-order chi connectivity index (χ1) is 42.0. The van der Waals surface area contributed by atoms with E-state index in [1.807, 2.05) is 0 Å². The van der Waals surface area contributed by atoms with Crippen LogP contribution >= 0.6 is 11.6 Å². The van der Waals surface area contributed by atoms with Gasteiger partial charge in [0.15, 0.2) is 17.3 Å². The molecule has 8 amide bonds. The van der Waals surface area contributed by atoms with Gasteiger partial charge in [-0.1, -0.05) is 74.3 Å². The first-order valence-corrected chi connectivity index (χ1v) is 29.9. The van der Waals surface area contributed by atoms with Gasteiger partial charge in [-0.05, 0) is 107 Å².